The quantitative estimate of drug-likeness (QED) is 0.251. The summed E-state index contributed by atoms with van der Waals surface area (Å²) in [6.45, 7) is 0. The van der Waals surface area contributed by atoms with Gasteiger partial charge in [0.15, 0.2) is 0 Å². The molecule has 0 bridgehead atoms. The molecule has 9 heteroatoms. The Morgan fingerprint density at radius 2 is 1.57 bits per heavy atom. The lowest BCUT2D eigenvalue weighted by Crippen LogP contribution is -2.45. The lowest BCUT2D eigenvalue weighted by Gasteiger charge is -2.20. The second-order valence-corrected chi connectivity index (χ2v) is 11.3. The minimum absolute atomic E-state index is 0.125. The molecule has 0 fully saturated rings. The summed E-state index contributed by atoms with van der Waals surface area (Å²) in [5.41, 5.74) is 1.38. The fraction of sp³-hybridized carbons (Fsp3) is 0.107. The minimum atomic E-state index is -4.17. The zero-order valence-corrected chi connectivity index (χ0v) is 22.3. The number of benzene rings is 4. The highest BCUT2D eigenvalue weighted by molar-refractivity contribution is 7.99. The van der Waals surface area contributed by atoms with Gasteiger partial charge >= 0.3 is 0 Å². The largest absolute Gasteiger partial charge is 0.495 e. The second kappa shape index (κ2) is 12.3. The number of methoxy groups -OCH3 is 1. The van der Waals surface area contributed by atoms with Crippen molar-refractivity contribution in [3.8, 4) is 5.75 Å². The number of amides is 1. The molecule has 0 aliphatic heterocycles. The van der Waals surface area contributed by atoms with E-state index in [2.05, 4.69) is 10.0 Å². The van der Waals surface area contributed by atoms with Crippen molar-refractivity contribution in [1.82, 2.24) is 4.72 Å². The van der Waals surface area contributed by atoms with Crippen molar-refractivity contribution in [2.45, 2.75) is 27.1 Å². The van der Waals surface area contributed by atoms with Crippen molar-refractivity contribution < 1.29 is 17.9 Å². The lowest BCUT2D eigenvalue weighted by molar-refractivity contribution is -0.117. The number of rotatable bonds is 10. The first-order valence-electron chi connectivity index (χ1n) is 11.4. The maximum absolute atomic E-state index is 13.5. The Morgan fingerprint density at radius 3 is 2.27 bits per heavy atom. The molecule has 0 radical (unpaired) electrons. The van der Waals surface area contributed by atoms with Crippen molar-refractivity contribution >= 4 is 45.0 Å². The van der Waals surface area contributed by atoms with Crippen molar-refractivity contribution in [3.63, 3.8) is 0 Å². The van der Waals surface area contributed by atoms with Crippen LogP contribution in [0.25, 0.3) is 0 Å². The Hall–Kier alpha value is -3.30. The van der Waals surface area contributed by atoms with Crippen LogP contribution in [-0.2, 0) is 21.2 Å². The standard InChI is InChI=1S/C28H25ClN2O4S2/c1-35-25-17-16-21(29)19-27(25)37(33,34)31-24(18-20-10-4-2-5-11-20)28(32)30-23-14-8-9-15-26(23)36-22-12-6-3-7-13-22/h2-17,19,24,31H,18H2,1H3,(H,30,32)/t24-/m0/s1. The summed E-state index contributed by atoms with van der Waals surface area (Å²) in [4.78, 5) is 15.2. The maximum atomic E-state index is 13.5. The van der Waals surface area contributed by atoms with Crippen molar-refractivity contribution in [2.24, 2.45) is 0 Å². The van der Waals surface area contributed by atoms with Gasteiger partial charge in [-0.25, -0.2) is 8.42 Å². The number of anilines is 1. The van der Waals surface area contributed by atoms with Gasteiger partial charge in [-0.2, -0.15) is 4.72 Å². The molecular weight excluding hydrogens is 528 g/mol. The molecule has 0 saturated heterocycles. The number of sulfonamides is 1. The third kappa shape index (κ3) is 7.14. The molecule has 4 aromatic carbocycles. The van der Waals surface area contributed by atoms with Crippen LogP contribution in [0.5, 0.6) is 5.75 Å². The van der Waals surface area contributed by atoms with Gasteiger partial charge in [0.25, 0.3) is 0 Å². The molecule has 6 nitrogen and oxygen atoms in total. The molecule has 4 rings (SSSR count). The van der Waals surface area contributed by atoms with Crippen LogP contribution in [-0.4, -0.2) is 27.5 Å². The molecule has 1 atom stereocenters. The molecule has 0 aliphatic carbocycles. The number of hydrogen-bond donors (Lipinski definition) is 2. The molecule has 0 spiro atoms. The molecule has 0 aliphatic rings. The predicted molar refractivity (Wildman–Crippen MR) is 148 cm³/mol. The molecular formula is C28H25ClN2O4S2. The molecule has 1 amide bonds. The summed E-state index contributed by atoms with van der Waals surface area (Å²) in [7, 11) is -2.79. The van der Waals surface area contributed by atoms with Crippen LogP contribution in [0.4, 0.5) is 5.69 Å². The lowest BCUT2D eigenvalue weighted by atomic mass is 10.1. The Labute approximate surface area is 226 Å². The first-order chi connectivity index (χ1) is 17.9. The van der Waals surface area contributed by atoms with Crippen LogP contribution in [0.1, 0.15) is 5.56 Å². The number of nitrogens with one attached hydrogen (secondary N) is 2. The van der Waals surface area contributed by atoms with E-state index in [1.165, 1.54) is 37.1 Å². The van der Waals surface area contributed by atoms with Gasteiger partial charge in [-0.1, -0.05) is 84.0 Å². The predicted octanol–water partition coefficient (Wildman–Crippen LogP) is 6.03. The van der Waals surface area contributed by atoms with E-state index in [0.29, 0.717) is 5.69 Å². The highest BCUT2D eigenvalue weighted by atomic mass is 35.5. The van der Waals surface area contributed by atoms with E-state index >= 15 is 0 Å². The van der Waals surface area contributed by atoms with Gasteiger partial charge in [-0.3, -0.25) is 4.79 Å². The van der Waals surface area contributed by atoms with E-state index in [1.54, 1.807) is 6.07 Å². The second-order valence-electron chi connectivity index (χ2n) is 8.06. The SMILES string of the molecule is COc1ccc(Cl)cc1S(=O)(=O)N[C@@H](Cc1ccccc1)C(=O)Nc1ccccc1Sc1ccccc1. The fourth-order valence-electron chi connectivity index (χ4n) is 3.64. The van der Waals surface area contributed by atoms with Crippen molar-refractivity contribution in [3.05, 3.63) is 114 Å². The average Bonchev–Trinajstić information content (AvgIpc) is 2.90. The molecule has 4 aromatic rings. The fourth-order valence-corrected chi connectivity index (χ4v) is 6.19. The van der Waals surface area contributed by atoms with Crippen LogP contribution >= 0.6 is 23.4 Å². The van der Waals surface area contributed by atoms with Crippen molar-refractivity contribution in [1.29, 1.82) is 0 Å². The third-order valence-corrected chi connectivity index (χ3v) is 8.24. The van der Waals surface area contributed by atoms with E-state index < -0.39 is 22.0 Å². The zero-order chi connectivity index (χ0) is 26.3. The van der Waals surface area contributed by atoms with Gasteiger partial charge in [-0.15, -0.1) is 0 Å². The molecule has 0 aromatic heterocycles. The van der Waals surface area contributed by atoms with Gasteiger partial charge in [0.2, 0.25) is 15.9 Å². The topological polar surface area (TPSA) is 84.5 Å². The first-order valence-corrected chi connectivity index (χ1v) is 14.1. The zero-order valence-electron chi connectivity index (χ0n) is 19.9. The number of hydrogen-bond acceptors (Lipinski definition) is 5. The van der Waals surface area contributed by atoms with Gasteiger partial charge in [-0.05, 0) is 54.4 Å². The minimum Gasteiger partial charge on any atom is -0.495 e. The Morgan fingerprint density at radius 1 is 0.919 bits per heavy atom. The number of ether oxygens (including phenoxy) is 1. The Bertz CT molecular complexity index is 1470. The molecule has 0 unspecified atom stereocenters. The molecule has 37 heavy (non-hydrogen) atoms. The first kappa shape index (κ1) is 26.8. The van der Waals surface area contributed by atoms with Crippen molar-refractivity contribution in [2.75, 3.05) is 12.4 Å². The monoisotopic (exact) mass is 552 g/mol. The number of carbonyl (C=O) groups excluding carboxylic acids is 1. The number of para-hydroxylation sites is 1. The van der Waals surface area contributed by atoms with Crippen LogP contribution < -0.4 is 14.8 Å². The van der Waals surface area contributed by atoms with E-state index in [1.807, 2.05) is 78.9 Å². The molecule has 0 heterocycles. The summed E-state index contributed by atoms with van der Waals surface area (Å²) in [5, 5.41) is 3.15. The summed E-state index contributed by atoms with van der Waals surface area (Å²) < 4.78 is 34.6. The summed E-state index contributed by atoms with van der Waals surface area (Å²) >= 11 is 7.57. The average molecular weight is 553 g/mol. The van der Waals surface area contributed by atoms with Gasteiger partial charge in [0.05, 0.1) is 12.8 Å². The van der Waals surface area contributed by atoms with E-state index in [0.717, 1.165) is 15.4 Å². The van der Waals surface area contributed by atoms with Gasteiger partial charge in [0, 0.05) is 14.8 Å². The molecule has 190 valence electrons. The van der Waals surface area contributed by atoms with E-state index in [9.17, 15) is 13.2 Å². The Balaban J connectivity index is 1.63. The highest BCUT2D eigenvalue weighted by Gasteiger charge is 2.29. The van der Waals surface area contributed by atoms with Gasteiger partial charge in [0.1, 0.15) is 16.7 Å². The van der Waals surface area contributed by atoms with Crippen LogP contribution in [0.2, 0.25) is 5.02 Å². The van der Waals surface area contributed by atoms with Crippen LogP contribution in [0.15, 0.2) is 118 Å². The third-order valence-electron chi connectivity index (χ3n) is 5.43. The Kier molecular flexibility index (Phi) is 8.89. The highest BCUT2D eigenvalue weighted by Crippen LogP contribution is 2.33. The summed E-state index contributed by atoms with van der Waals surface area (Å²) in [5.74, 6) is -0.366. The maximum Gasteiger partial charge on any atom is 0.245 e. The van der Waals surface area contributed by atoms with E-state index in [4.69, 9.17) is 16.3 Å². The summed E-state index contributed by atoms with van der Waals surface area (Å²) in [6, 6.07) is 29.6. The smallest absolute Gasteiger partial charge is 0.245 e. The molecule has 0 saturated carbocycles. The van der Waals surface area contributed by atoms with Crippen LogP contribution in [0.3, 0.4) is 0 Å². The number of carbonyl (C=O) groups is 1. The summed E-state index contributed by atoms with van der Waals surface area (Å²) in [6.07, 6.45) is 0.142. The van der Waals surface area contributed by atoms with Crippen LogP contribution in [0, 0.1) is 0 Å². The molecule has 2 N–H and O–H groups in total. The van der Waals surface area contributed by atoms with E-state index in [-0.39, 0.29) is 22.1 Å². The number of halogens is 1. The van der Waals surface area contributed by atoms with Gasteiger partial charge < -0.3 is 10.1 Å². The normalized spacial score (nSPS) is 12.1.